The van der Waals surface area contributed by atoms with Crippen LogP contribution >= 0.6 is 0 Å². The largest absolute Gasteiger partial charge is 0.419 e. The van der Waals surface area contributed by atoms with Crippen molar-refractivity contribution in [3.05, 3.63) is 34.3 Å². The number of aryl methyl sites for hydroxylation is 1. The maximum Gasteiger partial charge on any atom is 0.419 e. The van der Waals surface area contributed by atoms with Gasteiger partial charge in [0.15, 0.2) is 15.4 Å². The molecular formula is C14H19NO5S. The molecule has 6 nitrogen and oxygen atoms in total. The van der Waals surface area contributed by atoms with Gasteiger partial charge in [0.1, 0.15) is 0 Å². The van der Waals surface area contributed by atoms with E-state index in [0.29, 0.717) is 23.2 Å². The number of aliphatic hydroxyl groups is 1. The number of rotatable bonds is 4. The summed E-state index contributed by atoms with van der Waals surface area (Å²) in [5.41, 5.74) is 1.35. The molecule has 116 valence electrons. The van der Waals surface area contributed by atoms with Gasteiger partial charge in [-0.1, -0.05) is 6.07 Å². The first-order valence-electron chi connectivity index (χ1n) is 6.60. The minimum Gasteiger partial charge on any atom is -0.408 e. The van der Waals surface area contributed by atoms with Crippen LogP contribution in [0.4, 0.5) is 0 Å². The Morgan fingerprint density at radius 2 is 2.00 bits per heavy atom. The highest BCUT2D eigenvalue weighted by atomic mass is 32.2. The number of nitrogens with zero attached hydrogens (tertiary/aromatic N) is 1. The molecule has 0 aliphatic carbocycles. The Morgan fingerprint density at radius 3 is 2.52 bits per heavy atom. The first-order valence-corrected chi connectivity index (χ1v) is 8.49. The number of sulfone groups is 1. The van der Waals surface area contributed by atoms with Crippen molar-refractivity contribution in [2.45, 2.75) is 38.2 Å². The van der Waals surface area contributed by atoms with E-state index in [1.165, 1.54) is 24.5 Å². The van der Waals surface area contributed by atoms with Crippen LogP contribution < -0.4 is 5.76 Å². The highest BCUT2D eigenvalue weighted by Crippen LogP contribution is 2.33. The van der Waals surface area contributed by atoms with Crippen LogP contribution in [0.5, 0.6) is 0 Å². The molecule has 7 heteroatoms. The first kappa shape index (κ1) is 15.8. The van der Waals surface area contributed by atoms with E-state index in [2.05, 4.69) is 0 Å². The van der Waals surface area contributed by atoms with Crippen LogP contribution in [0.3, 0.4) is 0 Å². The SMILES string of the molecule is CCn1c(=O)oc2cc(C(O)C(C)(C)S(C)(=O)=O)ccc21. The van der Waals surface area contributed by atoms with E-state index < -0.39 is 26.4 Å². The Balaban J connectivity index is 2.56. The van der Waals surface area contributed by atoms with Crippen LogP contribution in [0.1, 0.15) is 32.4 Å². The predicted octanol–water partition coefficient (Wildman–Crippen LogP) is 1.47. The third-order valence-corrected chi connectivity index (χ3v) is 6.07. The van der Waals surface area contributed by atoms with Crippen molar-refractivity contribution < 1.29 is 17.9 Å². The topological polar surface area (TPSA) is 89.5 Å². The van der Waals surface area contributed by atoms with Gasteiger partial charge in [-0.05, 0) is 38.5 Å². The van der Waals surface area contributed by atoms with Crippen molar-refractivity contribution in [1.82, 2.24) is 4.57 Å². The third-order valence-electron chi connectivity index (χ3n) is 3.94. The summed E-state index contributed by atoms with van der Waals surface area (Å²) in [4.78, 5) is 11.6. The van der Waals surface area contributed by atoms with Gasteiger partial charge in [0.25, 0.3) is 0 Å². The van der Waals surface area contributed by atoms with Gasteiger partial charge in [-0.3, -0.25) is 4.57 Å². The van der Waals surface area contributed by atoms with Gasteiger partial charge in [0, 0.05) is 12.8 Å². The quantitative estimate of drug-likeness (QED) is 0.923. The summed E-state index contributed by atoms with van der Waals surface area (Å²) in [5, 5.41) is 10.4. The van der Waals surface area contributed by atoms with Gasteiger partial charge < -0.3 is 9.52 Å². The van der Waals surface area contributed by atoms with Gasteiger partial charge in [-0.25, -0.2) is 13.2 Å². The number of hydrogen-bond donors (Lipinski definition) is 1. The molecule has 0 aliphatic heterocycles. The summed E-state index contributed by atoms with van der Waals surface area (Å²) >= 11 is 0. The average molecular weight is 313 g/mol. The predicted molar refractivity (Wildman–Crippen MR) is 80.0 cm³/mol. The maximum absolute atomic E-state index is 11.8. The fraction of sp³-hybridized carbons (Fsp3) is 0.500. The molecule has 1 heterocycles. The zero-order valence-electron chi connectivity index (χ0n) is 12.5. The van der Waals surface area contributed by atoms with Gasteiger partial charge in [0.2, 0.25) is 0 Å². The lowest BCUT2D eigenvalue weighted by Crippen LogP contribution is -2.37. The zero-order chi connectivity index (χ0) is 16.0. The van der Waals surface area contributed by atoms with Gasteiger partial charge in [0.05, 0.1) is 16.4 Å². The summed E-state index contributed by atoms with van der Waals surface area (Å²) in [6.45, 7) is 5.23. The van der Waals surface area contributed by atoms with Crippen LogP contribution in [0.15, 0.2) is 27.4 Å². The second kappa shape index (κ2) is 4.99. The van der Waals surface area contributed by atoms with Crippen LogP contribution in [0.25, 0.3) is 11.1 Å². The molecule has 0 bridgehead atoms. The van der Waals surface area contributed by atoms with E-state index in [0.717, 1.165) is 6.26 Å². The summed E-state index contributed by atoms with van der Waals surface area (Å²) < 4.78 is 28.8. The van der Waals surface area contributed by atoms with E-state index in [1.807, 2.05) is 6.92 Å². The second-order valence-corrected chi connectivity index (χ2v) is 8.21. The Bertz CT molecular complexity index is 829. The Morgan fingerprint density at radius 1 is 1.38 bits per heavy atom. The van der Waals surface area contributed by atoms with E-state index in [9.17, 15) is 18.3 Å². The van der Waals surface area contributed by atoms with E-state index in [-0.39, 0.29) is 0 Å². The molecule has 2 rings (SSSR count). The van der Waals surface area contributed by atoms with Crippen LogP contribution in [0.2, 0.25) is 0 Å². The smallest absolute Gasteiger partial charge is 0.408 e. The lowest BCUT2D eigenvalue weighted by molar-refractivity contribution is 0.139. The molecule has 0 fully saturated rings. The number of hydrogen-bond acceptors (Lipinski definition) is 5. The molecule has 0 saturated carbocycles. The number of fused-ring (bicyclic) bond motifs is 1. The highest BCUT2D eigenvalue weighted by Gasteiger charge is 2.39. The van der Waals surface area contributed by atoms with Crippen molar-refractivity contribution in [1.29, 1.82) is 0 Å². The molecule has 0 spiro atoms. The molecule has 0 radical (unpaired) electrons. The number of oxazole rings is 1. The van der Waals surface area contributed by atoms with Gasteiger partial charge in [-0.15, -0.1) is 0 Å². The van der Waals surface area contributed by atoms with Crippen molar-refractivity contribution in [3.63, 3.8) is 0 Å². The third kappa shape index (κ3) is 2.51. The molecule has 0 amide bonds. The van der Waals surface area contributed by atoms with Gasteiger partial charge in [-0.2, -0.15) is 0 Å². The van der Waals surface area contributed by atoms with Gasteiger partial charge >= 0.3 is 5.76 Å². The Labute approximate surface area is 122 Å². The highest BCUT2D eigenvalue weighted by molar-refractivity contribution is 7.92. The van der Waals surface area contributed by atoms with Crippen molar-refractivity contribution >= 4 is 20.9 Å². The summed E-state index contributed by atoms with van der Waals surface area (Å²) in [5.74, 6) is -0.471. The van der Waals surface area contributed by atoms with Crippen LogP contribution in [0, 0.1) is 0 Å². The number of aliphatic hydroxyl groups excluding tert-OH is 1. The van der Waals surface area contributed by atoms with Crippen molar-refractivity contribution in [3.8, 4) is 0 Å². The van der Waals surface area contributed by atoms with E-state index >= 15 is 0 Å². The van der Waals surface area contributed by atoms with Crippen LogP contribution in [-0.4, -0.2) is 29.1 Å². The van der Waals surface area contributed by atoms with E-state index in [1.54, 1.807) is 12.1 Å². The molecule has 1 aromatic heterocycles. The number of benzene rings is 1. The maximum atomic E-state index is 11.8. The van der Waals surface area contributed by atoms with Crippen molar-refractivity contribution in [2.24, 2.45) is 0 Å². The lowest BCUT2D eigenvalue weighted by atomic mass is 9.98. The molecule has 21 heavy (non-hydrogen) atoms. The lowest BCUT2D eigenvalue weighted by Gasteiger charge is -2.28. The van der Waals surface area contributed by atoms with E-state index in [4.69, 9.17) is 4.42 Å². The van der Waals surface area contributed by atoms with Crippen molar-refractivity contribution in [2.75, 3.05) is 6.26 Å². The minimum atomic E-state index is -3.46. The number of aromatic nitrogens is 1. The molecule has 0 aliphatic rings. The molecule has 1 atom stereocenters. The molecular weight excluding hydrogens is 294 g/mol. The normalized spacial score (nSPS) is 14.5. The average Bonchev–Trinajstić information content (AvgIpc) is 2.70. The molecule has 1 N–H and O–H groups in total. The van der Waals surface area contributed by atoms with Crippen LogP contribution in [-0.2, 0) is 16.4 Å². The fourth-order valence-corrected chi connectivity index (χ4v) is 2.70. The molecule has 1 aromatic carbocycles. The fourth-order valence-electron chi connectivity index (χ4n) is 2.16. The summed E-state index contributed by atoms with van der Waals surface area (Å²) in [6.07, 6.45) is -0.130. The molecule has 1 unspecified atom stereocenters. The summed E-state index contributed by atoms with van der Waals surface area (Å²) in [6, 6.07) is 4.78. The second-order valence-electron chi connectivity index (χ2n) is 5.62. The summed E-state index contributed by atoms with van der Waals surface area (Å²) in [7, 11) is -3.46. The zero-order valence-corrected chi connectivity index (χ0v) is 13.3. The Kier molecular flexibility index (Phi) is 3.75. The standard InChI is InChI=1S/C14H19NO5S/c1-5-15-10-7-6-9(8-11(10)20-13(15)17)12(16)14(2,3)21(4,18)19/h6-8,12,16H,5H2,1-4H3. The monoisotopic (exact) mass is 313 g/mol. The minimum absolute atomic E-state index is 0.336. The first-order chi connectivity index (χ1) is 9.59. The molecule has 2 aromatic rings. The molecule has 0 saturated heterocycles. The Hall–Kier alpha value is -1.60.